The lowest BCUT2D eigenvalue weighted by molar-refractivity contribution is 0.427. The molecular weight excluding hydrogens is 244 g/mol. The molecule has 0 amide bonds. The number of phenols is 1. The molecule has 5 nitrogen and oxygen atoms in total. The SMILES string of the molecule is Cc1cc(O)cc(Oc2nccn(C(C)C)c2=O)c1. The van der Waals surface area contributed by atoms with Crippen LogP contribution in [0.5, 0.6) is 17.4 Å². The van der Waals surface area contributed by atoms with E-state index in [0.29, 0.717) is 5.75 Å². The first kappa shape index (κ1) is 13.1. The molecule has 2 aromatic rings. The van der Waals surface area contributed by atoms with Crippen molar-refractivity contribution in [2.45, 2.75) is 26.8 Å². The van der Waals surface area contributed by atoms with Gasteiger partial charge in [0.25, 0.3) is 5.88 Å². The molecule has 0 saturated carbocycles. The summed E-state index contributed by atoms with van der Waals surface area (Å²) in [7, 11) is 0. The average Bonchev–Trinajstić information content (AvgIpc) is 2.30. The van der Waals surface area contributed by atoms with Gasteiger partial charge in [-0.25, -0.2) is 4.98 Å². The number of phenolic OH excluding ortho intramolecular Hbond substituents is 1. The Labute approximate surface area is 111 Å². The maximum atomic E-state index is 12.1. The van der Waals surface area contributed by atoms with E-state index >= 15 is 0 Å². The highest BCUT2D eigenvalue weighted by Gasteiger charge is 2.10. The van der Waals surface area contributed by atoms with Gasteiger partial charge in [0, 0.05) is 24.5 Å². The second-order valence-corrected chi connectivity index (χ2v) is 4.64. The molecule has 2 rings (SSSR count). The molecule has 0 spiro atoms. The summed E-state index contributed by atoms with van der Waals surface area (Å²) in [5.74, 6) is 0.486. The van der Waals surface area contributed by atoms with Gasteiger partial charge in [0.1, 0.15) is 11.5 Å². The molecule has 5 heteroatoms. The number of ether oxygens (including phenoxy) is 1. The van der Waals surface area contributed by atoms with Crippen LogP contribution in [0, 0.1) is 6.92 Å². The van der Waals surface area contributed by atoms with Gasteiger partial charge in [-0.15, -0.1) is 0 Å². The van der Waals surface area contributed by atoms with Crippen LogP contribution in [0.3, 0.4) is 0 Å². The summed E-state index contributed by atoms with van der Waals surface area (Å²) in [6.07, 6.45) is 3.14. The molecule has 0 aliphatic rings. The lowest BCUT2D eigenvalue weighted by atomic mass is 10.2. The summed E-state index contributed by atoms with van der Waals surface area (Å²) in [5.41, 5.74) is 0.550. The number of hydrogen-bond donors (Lipinski definition) is 1. The number of hydrogen-bond acceptors (Lipinski definition) is 4. The van der Waals surface area contributed by atoms with Crippen LogP contribution in [-0.2, 0) is 0 Å². The van der Waals surface area contributed by atoms with Gasteiger partial charge >= 0.3 is 5.56 Å². The number of nitrogens with zero attached hydrogens (tertiary/aromatic N) is 2. The first-order valence-corrected chi connectivity index (χ1v) is 6.03. The fraction of sp³-hybridized carbons (Fsp3) is 0.286. The van der Waals surface area contributed by atoms with E-state index in [1.54, 1.807) is 18.3 Å². The van der Waals surface area contributed by atoms with E-state index in [9.17, 15) is 9.90 Å². The highest BCUT2D eigenvalue weighted by molar-refractivity contribution is 5.38. The zero-order valence-corrected chi connectivity index (χ0v) is 11.1. The van der Waals surface area contributed by atoms with Crippen LogP contribution >= 0.6 is 0 Å². The van der Waals surface area contributed by atoms with E-state index in [2.05, 4.69) is 4.98 Å². The van der Waals surface area contributed by atoms with Crippen LogP contribution in [0.15, 0.2) is 35.4 Å². The molecule has 0 aliphatic heterocycles. The fourth-order valence-electron chi connectivity index (χ4n) is 1.78. The average molecular weight is 260 g/mol. The number of aromatic hydroxyl groups is 1. The number of rotatable bonds is 3. The Morgan fingerprint density at radius 2 is 2.05 bits per heavy atom. The van der Waals surface area contributed by atoms with Crippen LogP contribution in [0.25, 0.3) is 0 Å². The van der Waals surface area contributed by atoms with Gasteiger partial charge in [-0.2, -0.15) is 0 Å². The van der Waals surface area contributed by atoms with E-state index in [-0.39, 0.29) is 23.2 Å². The van der Waals surface area contributed by atoms with Crippen molar-refractivity contribution < 1.29 is 9.84 Å². The minimum Gasteiger partial charge on any atom is -0.508 e. The van der Waals surface area contributed by atoms with Gasteiger partial charge in [0.2, 0.25) is 0 Å². The van der Waals surface area contributed by atoms with Gasteiger partial charge in [-0.05, 0) is 38.5 Å². The third kappa shape index (κ3) is 2.93. The summed E-state index contributed by atoms with van der Waals surface area (Å²) in [6.45, 7) is 5.64. The molecule has 0 unspecified atom stereocenters. The lowest BCUT2D eigenvalue weighted by Gasteiger charge is -2.11. The van der Waals surface area contributed by atoms with E-state index in [4.69, 9.17) is 4.74 Å². The predicted molar refractivity (Wildman–Crippen MR) is 71.8 cm³/mol. The molecule has 1 heterocycles. The zero-order valence-electron chi connectivity index (χ0n) is 11.1. The van der Waals surface area contributed by atoms with Crippen molar-refractivity contribution in [2.24, 2.45) is 0 Å². The molecule has 0 saturated heterocycles. The summed E-state index contributed by atoms with van der Waals surface area (Å²) >= 11 is 0. The molecule has 1 N–H and O–H groups in total. The maximum absolute atomic E-state index is 12.1. The Kier molecular flexibility index (Phi) is 3.55. The van der Waals surface area contributed by atoms with E-state index in [0.717, 1.165) is 5.56 Å². The molecule has 1 aromatic carbocycles. The molecule has 19 heavy (non-hydrogen) atoms. The summed E-state index contributed by atoms with van der Waals surface area (Å²) < 4.78 is 7.00. The number of aryl methyl sites for hydroxylation is 1. The first-order chi connectivity index (χ1) is 8.97. The Morgan fingerprint density at radius 3 is 2.68 bits per heavy atom. The second kappa shape index (κ2) is 5.14. The molecule has 100 valence electrons. The molecular formula is C14H16N2O3. The van der Waals surface area contributed by atoms with Crippen LogP contribution in [0.2, 0.25) is 0 Å². The largest absolute Gasteiger partial charge is 0.508 e. The summed E-state index contributed by atoms with van der Waals surface area (Å²) in [4.78, 5) is 16.0. The number of aromatic nitrogens is 2. The third-order valence-electron chi connectivity index (χ3n) is 2.64. The standard InChI is InChI=1S/C14H16N2O3/c1-9(2)16-5-4-15-13(14(16)18)19-12-7-10(3)6-11(17)8-12/h4-9,17H,1-3H3. The van der Waals surface area contributed by atoms with Crippen molar-refractivity contribution in [3.63, 3.8) is 0 Å². The van der Waals surface area contributed by atoms with Crippen LogP contribution in [0.4, 0.5) is 0 Å². The van der Waals surface area contributed by atoms with Crippen molar-refractivity contribution >= 4 is 0 Å². The Hall–Kier alpha value is -2.30. The predicted octanol–water partition coefficient (Wildman–Crippen LogP) is 2.63. The van der Waals surface area contributed by atoms with Crippen molar-refractivity contribution in [2.75, 3.05) is 0 Å². The monoisotopic (exact) mass is 260 g/mol. The van der Waals surface area contributed by atoms with Crippen LogP contribution in [0.1, 0.15) is 25.5 Å². The molecule has 0 atom stereocenters. The zero-order chi connectivity index (χ0) is 14.0. The van der Waals surface area contributed by atoms with E-state index in [1.165, 1.54) is 16.8 Å². The van der Waals surface area contributed by atoms with Crippen molar-refractivity contribution in [3.05, 3.63) is 46.5 Å². The molecule has 0 bridgehead atoms. The number of benzene rings is 1. The molecule has 0 radical (unpaired) electrons. The maximum Gasteiger partial charge on any atom is 0.313 e. The van der Waals surface area contributed by atoms with Crippen molar-refractivity contribution in [1.82, 2.24) is 9.55 Å². The fourth-order valence-corrected chi connectivity index (χ4v) is 1.78. The Bertz CT molecular complexity index is 627. The minimum atomic E-state index is -0.293. The van der Waals surface area contributed by atoms with Crippen molar-refractivity contribution in [1.29, 1.82) is 0 Å². The van der Waals surface area contributed by atoms with Crippen LogP contribution in [-0.4, -0.2) is 14.7 Å². The highest BCUT2D eigenvalue weighted by Crippen LogP contribution is 2.24. The van der Waals surface area contributed by atoms with Gasteiger partial charge in [0.15, 0.2) is 0 Å². The van der Waals surface area contributed by atoms with Crippen molar-refractivity contribution in [3.8, 4) is 17.4 Å². The summed E-state index contributed by atoms with van der Waals surface area (Å²) in [5, 5.41) is 9.50. The Morgan fingerprint density at radius 1 is 1.32 bits per heavy atom. The van der Waals surface area contributed by atoms with Gasteiger partial charge in [-0.3, -0.25) is 4.79 Å². The van der Waals surface area contributed by atoms with Gasteiger partial charge in [0.05, 0.1) is 0 Å². The smallest absolute Gasteiger partial charge is 0.313 e. The van der Waals surface area contributed by atoms with Gasteiger partial charge < -0.3 is 14.4 Å². The third-order valence-corrected chi connectivity index (χ3v) is 2.64. The van der Waals surface area contributed by atoms with Crippen LogP contribution < -0.4 is 10.3 Å². The molecule has 0 aliphatic carbocycles. The Balaban J connectivity index is 2.38. The highest BCUT2D eigenvalue weighted by atomic mass is 16.5. The summed E-state index contributed by atoms with van der Waals surface area (Å²) in [6, 6.07) is 4.82. The van der Waals surface area contributed by atoms with E-state index < -0.39 is 0 Å². The molecule has 0 fully saturated rings. The van der Waals surface area contributed by atoms with E-state index in [1.807, 2.05) is 20.8 Å². The molecule has 1 aromatic heterocycles. The minimum absolute atomic E-state index is 0.00111. The van der Waals surface area contributed by atoms with Gasteiger partial charge in [-0.1, -0.05) is 0 Å². The second-order valence-electron chi connectivity index (χ2n) is 4.64. The normalized spacial score (nSPS) is 10.7. The first-order valence-electron chi connectivity index (χ1n) is 6.03. The topological polar surface area (TPSA) is 64.3 Å². The quantitative estimate of drug-likeness (QED) is 0.921. The lowest BCUT2D eigenvalue weighted by Crippen LogP contribution is -2.23.